The zero-order valence-corrected chi connectivity index (χ0v) is 14.7. The highest BCUT2D eigenvalue weighted by molar-refractivity contribution is 5.69. The van der Waals surface area contributed by atoms with Crippen molar-refractivity contribution >= 4 is 6.09 Å². The van der Waals surface area contributed by atoms with Gasteiger partial charge in [0.15, 0.2) is 0 Å². The van der Waals surface area contributed by atoms with Gasteiger partial charge in [0, 0.05) is 6.54 Å². The first-order valence-electron chi connectivity index (χ1n) is 8.59. The maximum Gasteiger partial charge on any atom is 0.410 e. The van der Waals surface area contributed by atoms with E-state index in [4.69, 9.17) is 4.74 Å². The van der Waals surface area contributed by atoms with Gasteiger partial charge in [-0.1, -0.05) is 54.6 Å². The molecule has 3 nitrogen and oxygen atoms in total. The number of likely N-dealkylation sites (tertiary alicyclic amines) is 1. The molecule has 0 saturated carbocycles. The summed E-state index contributed by atoms with van der Waals surface area (Å²) in [6.45, 7) is 6.49. The molecule has 3 heteroatoms. The van der Waals surface area contributed by atoms with E-state index in [1.807, 2.05) is 43.9 Å². The Hall–Kier alpha value is -2.29. The molecule has 0 N–H and O–H groups in total. The number of rotatable bonds is 2. The molecular weight excluding hydrogens is 298 g/mol. The Morgan fingerprint density at radius 3 is 2.25 bits per heavy atom. The molecule has 0 radical (unpaired) electrons. The fourth-order valence-electron chi connectivity index (χ4n) is 3.18. The number of carbonyl (C=O) groups is 1. The minimum atomic E-state index is -0.457. The second-order valence-corrected chi connectivity index (χ2v) is 7.32. The summed E-state index contributed by atoms with van der Waals surface area (Å²) in [5, 5.41) is 0. The van der Waals surface area contributed by atoms with Crippen LogP contribution >= 0.6 is 0 Å². The van der Waals surface area contributed by atoms with E-state index in [0.29, 0.717) is 0 Å². The lowest BCUT2D eigenvalue weighted by Crippen LogP contribution is -2.36. The van der Waals surface area contributed by atoms with Crippen molar-refractivity contribution in [1.82, 2.24) is 4.90 Å². The number of ether oxygens (including phenoxy) is 1. The predicted molar refractivity (Wildman–Crippen MR) is 96.8 cm³/mol. The van der Waals surface area contributed by atoms with Crippen LogP contribution in [0.5, 0.6) is 0 Å². The molecule has 0 unspecified atom stereocenters. The SMILES string of the molecule is CC(C)(C)OC(=O)N1CCC[C@@H]1c1ccc(-c2ccccc2)cc1. The fourth-order valence-corrected chi connectivity index (χ4v) is 3.18. The van der Waals surface area contributed by atoms with Gasteiger partial charge in [-0.2, -0.15) is 0 Å². The zero-order chi connectivity index (χ0) is 17.2. The minimum Gasteiger partial charge on any atom is -0.444 e. The summed E-state index contributed by atoms with van der Waals surface area (Å²) in [5.74, 6) is 0. The van der Waals surface area contributed by atoms with Crippen LogP contribution in [0.4, 0.5) is 4.79 Å². The second-order valence-electron chi connectivity index (χ2n) is 7.32. The summed E-state index contributed by atoms with van der Waals surface area (Å²) in [5.41, 5.74) is 3.13. The van der Waals surface area contributed by atoms with Crippen LogP contribution in [-0.4, -0.2) is 23.1 Å². The van der Waals surface area contributed by atoms with Crippen LogP contribution in [0.15, 0.2) is 54.6 Å². The largest absolute Gasteiger partial charge is 0.444 e. The van der Waals surface area contributed by atoms with Crippen molar-refractivity contribution in [2.75, 3.05) is 6.54 Å². The van der Waals surface area contributed by atoms with Gasteiger partial charge < -0.3 is 9.64 Å². The highest BCUT2D eigenvalue weighted by atomic mass is 16.6. The highest BCUT2D eigenvalue weighted by Gasteiger charge is 2.32. The molecule has 1 heterocycles. The fraction of sp³-hybridized carbons (Fsp3) is 0.381. The summed E-state index contributed by atoms with van der Waals surface area (Å²) < 4.78 is 5.55. The van der Waals surface area contributed by atoms with Crippen LogP contribution in [0.1, 0.15) is 45.2 Å². The summed E-state index contributed by atoms with van der Waals surface area (Å²) >= 11 is 0. The number of amides is 1. The van der Waals surface area contributed by atoms with Gasteiger partial charge in [0.1, 0.15) is 5.60 Å². The lowest BCUT2D eigenvalue weighted by Gasteiger charge is -2.29. The first kappa shape index (κ1) is 16.6. The Bertz CT molecular complexity index is 686. The van der Waals surface area contributed by atoms with E-state index >= 15 is 0 Å². The average molecular weight is 323 g/mol. The van der Waals surface area contributed by atoms with Crippen LogP contribution < -0.4 is 0 Å². The molecule has 24 heavy (non-hydrogen) atoms. The average Bonchev–Trinajstić information content (AvgIpc) is 3.04. The van der Waals surface area contributed by atoms with Crippen LogP contribution in [0.2, 0.25) is 0 Å². The van der Waals surface area contributed by atoms with Crippen molar-refractivity contribution in [3.05, 3.63) is 60.2 Å². The van der Waals surface area contributed by atoms with Gasteiger partial charge in [-0.3, -0.25) is 0 Å². The number of carbonyl (C=O) groups excluding carboxylic acids is 1. The smallest absolute Gasteiger partial charge is 0.410 e. The van der Waals surface area contributed by atoms with E-state index in [1.165, 1.54) is 16.7 Å². The van der Waals surface area contributed by atoms with Crippen molar-refractivity contribution in [2.45, 2.75) is 45.3 Å². The van der Waals surface area contributed by atoms with Crippen molar-refractivity contribution in [1.29, 1.82) is 0 Å². The van der Waals surface area contributed by atoms with Crippen LogP contribution in [-0.2, 0) is 4.74 Å². The quantitative estimate of drug-likeness (QED) is 0.738. The van der Waals surface area contributed by atoms with Gasteiger partial charge in [-0.05, 0) is 50.3 Å². The number of hydrogen-bond donors (Lipinski definition) is 0. The van der Waals surface area contributed by atoms with E-state index in [0.717, 1.165) is 19.4 Å². The van der Waals surface area contributed by atoms with Gasteiger partial charge in [-0.25, -0.2) is 4.79 Å². The van der Waals surface area contributed by atoms with E-state index in [1.54, 1.807) is 0 Å². The molecule has 1 aliphatic heterocycles. The Morgan fingerprint density at radius 2 is 1.62 bits per heavy atom. The Labute approximate surface area is 144 Å². The standard InChI is InChI=1S/C21H25NO2/c1-21(2,3)24-20(23)22-15-7-10-19(22)18-13-11-17(12-14-18)16-8-5-4-6-9-16/h4-6,8-9,11-14,19H,7,10,15H2,1-3H3/t19-/m1/s1. The molecule has 2 aromatic rings. The molecule has 1 amide bonds. The van der Waals surface area contributed by atoms with Crippen molar-refractivity contribution in [2.24, 2.45) is 0 Å². The Morgan fingerprint density at radius 1 is 1.00 bits per heavy atom. The van der Waals surface area contributed by atoms with Gasteiger partial charge in [0.05, 0.1) is 6.04 Å². The summed E-state index contributed by atoms with van der Waals surface area (Å²) in [4.78, 5) is 14.3. The first-order valence-corrected chi connectivity index (χ1v) is 8.59. The maximum atomic E-state index is 12.4. The third kappa shape index (κ3) is 3.78. The molecular formula is C21H25NO2. The topological polar surface area (TPSA) is 29.5 Å². The number of benzene rings is 2. The Kier molecular flexibility index (Phi) is 4.61. The maximum absolute atomic E-state index is 12.4. The van der Waals surface area contributed by atoms with Crippen molar-refractivity contribution in [3.63, 3.8) is 0 Å². The molecule has 126 valence electrons. The van der Waals surface area contributed by atoms with Crippen molar-refractivity contribution < 1.29 is 9.53 Å². The van der Waals surface area contributed by atoms with Crippen LogP contribution in [0, 0.1) is 0 Å². The van der Waals surface area contributed by atoms with Crippen molar-refractivity contribution in [3.8, 4) is 11.1 Å². The molecule has 1 atom stereocenters. The monoisotopic (exact) mass is 323 g/mol. The summed E-state index contributed by atoms with van der Waals surface area (Å²) in [7, 11) is 0. The second kappa shape index (κ2) is 6.68. The van der Waals surface area contributed by atoms with Gasteiger partial charge >= 0.3 is 6.09 Å². The summed E-state index contributed by atoms with van der Waals surface area (Å²) in [6.07, 6.45) is 1.80. The number of hydrogen-bond acceptors (Lipinski definition) is 2. The normalized spacial score (nSPS) is 17.8. The third-order valence-corrected chi connectivity index (χ3v) is 4.28. The van der Waals surface area contributed by atoms with Crippen LogP contribution in [0.3, 0.4) is 0 Å². The molecule has 0 aliphatic carbocycles. The Balaban J connectivity index is 1.77. The summed E-state index contributed by atoms with van der Waals surface area (Å²) in [6, 6.07) is 19.0. The van der Waals surface area contributed by atoms with E-state index in [9.17, 15) is 4.79 Å². The number of nitrogens with zero attached hydrogens (tertiary/aromatic N) is 1. The van der Waals surface area contributed by atoms with Crippen LogP contribution in [0.25, 0.3) is 11.1 Å². The molecule has 0 spiro atoms. The molecule has 0 bridgehead atoms. The van der Waals surface area contributed by atoms with E-state index < -0.39 is 5.60 Å². The molecule has 1 aliphatic rings. The molecule has 1 saturated heterocycles. The third-order valence-electron chi connectivity index (χ3n) is 4.28. The zero-order valence-electron chi connectivity index (χ0n) is 14.7. The van der Waals surface area contributed by atoms with E-state index in [-0.39, 0.29) is 12.1 Å². The minimum absolute atomic E-state index is 0.115. The molecule has 1 fully saturated rings. The van der Waals surface area contributed by atoms with Gasteiger partial charge in [-0.15, -0.1) is 0 Å². The van der Waals surface area contributed by atoms with Gasteiger partial charge in [0.25, 0.3) is 0 Å². The molecule has 3 rings (SSSR count). The molecule has 0 aromatic heterocycles. The lowest BCUT2D eigenvalue weighted by atomic mass is 9.99. The first-order chi connectivity index (χ1) is 11.4. The van der Waals surface area contributed by atoms with Gasteiger partial charge in [0.2, 0.25) is 0 Å². The highest BCUT2D eigenvalue weighted by Crippen LogP contribution is 2.34. The lowest BCUT2D eigenvalue weighted by molar-refractivity contribution is 0.0224. The molecule has 2 aromatic carbocycles. The predicted octanol–water partition coefficient (Wildman–Crippen LogP) is 5.43. The van der Waals surface area contributed by atoms with E-state index in [2.05, 4.69) is 36.4 Å².